The van der Waals surface area contributed by atoms with E-state index in [2.05, 4.69) is 10.6 Å². The Labute approximate surface area is 119 Å². The van der Waals surface area contributed by atoms with Crippen molar-refractivity contribution in [2.75, 3.05) is 33.4 Å². The van der Waals surface area contributed by atoms with E-state index in [-0.39, 0.29) is 11.8 Å². The van der Waals surface area contributed by atoms with Crippen LogP contribution in [0, 0.1) is 5.92 Å². The third-order valence-electron chi connectivity index (χ3n) is 3.28. The Morgan fingerprint density at radius 2 is 2.25 bits per heavy atom. The van der Waals surface area contributed by atoms with Gasteiger partial charge < -0.3 is 20.1 Å². The van der Waals surface area contributed by atoms with Crippen LogP contribution in [0.1, 0.15) is 12.0 Å². The molecule has 0 aromatic heterocycles. The summed E-state index contributed by atoms with van der Waals surface area (Å²) < 4.78 is 10.6. The van der Waals surface area contributed by atoms with Gasteiger partial charge in [0.2, 0.25) is 5.91 Å². The summed E-state index contributed by atoms with van der Waals surface area (Å²) in [5.41, 5.74) is 1.05. The SMILES string of the molecule is COCCCOc1cccc(CNC(=O)C2CNC2)c1. The normalized spacial score (nSPS) is 14.7. The molecule has 1 saturated heterocycles. The molecule has 2 rings (SSSR count). The van der Waals surface area contributed by atoms with Crippen molar-refractivity contribution >= 4 is 5.91 Å². The maximum absolute atomic E-state index is 11.7. The van der Waals surface area contributed by atoms with E-state index in [1.54, 1.807) is 7.11 Å². The van der Waals surface area contributed by atoms with Crippen LogP contribution in [-0.4, -0.2) is 39.3 Å². The molecule has 110 valence electrons. The van der Waals surface area contributed by atoms with Crippen LogP contribution < -0.4 is 15.4 Å². The van der Waals surface area contributed by atoms with Gasteiger partial charge in [-0.1, -0.05) is 12.1 Å². The predicted molar refractivity (Wildman–Crippen MR) is 76.6 cm³/mol. The lowest BCUT2D eigenvalue weighted by Gasteiger charge is -2.25. The molecule has 1 amide bonds. The van der Waals surface area contributed by atoms with Gasteiger partial charge in [0, 0.05) is 39.8 Å². The second-order valence-electron chi connectivity index (χ2n) is 4.92. The largest absolute Gasteiger partial charge is 0.493 e. The number of carbonyl (C=O) groups excluding carboxylic acids is 1. The molecule has 2 N–H and O–H groups in total. The van der Waals surface area contributed by atoms with Crippen molar-refractivity contribution in [2.24, 2.45) is 5.92 Å². The lowest BCUT2D eigenvalue weighted by Crippen LogP contribution is -2.50. The van der Waals surface area contributed by atoms with Crippen LogP contribution in [0.4, 0.5) is 0 Å². The fourth-order valence-corrected chi connectivity index (χ4v) is 1.95. The van der Waals surface area contributed by atoms with Gasteiger partial charge in [-0.2, -0.15) is 0 Å². The molecule has 20 heavy (non-hydrogen) atoms. The first-order valence-electron chi connectivity index (χ1n) is 6.98. The molecular weight excluding hydrogens is 256 g/mol. The van der Waals surface area contributed by atoms with Gasteiger partial charge in [0.25, 0.3) is 0 Å². The molecule has 0 radical (unpaired) electrons. The highest BCUT2D eigenvalue weighted by atomic mass is 16.5. The zero-order valence-corrected chi connectivity index (χ0v) is 11.9. The number of rotatable bonds is 8. The van der Waals surface area contributed by atoms with Crippen molar-refractivity contribution in [1.29, 1.82) is 0 Å². The molecule has 1 heterocycles. The van der Waals surface area contributed by atoms with Gasteiger partial charge in [-0.15, -0.1) is 0 Å². The fourth-order valence-electron chi connectivity index (χ4n) is 1.95. The third-order valence-corrected chi connectivity index (χ3v) is 3.28. The Morgan fingerprint density at radius 3 is 2.95 bits per heavy atom. The van der Waals surface area contributed by atoms with Gasteiger partial charge in [0.05, 0.1) is 12.5 Å². The molecule has 5 nitrogen and oxygen atoms in total. The second-order valence-corrected chi connectivity index (χ2v) is 4.92. The van der Waals surface area contributed by atoms with Crippen molar-refractivity contribution in [2.45, 2.75) is 13.0 Å². The summed E-state index contributed by atoms with van der Waals surface area (Å²) in [6, 6.07) is 7.82. The van der Waals surface area contributed by atoms with Crippen LogP contribution in [-0.2, 0) is 16.1 Å². The average molecular weight is 278 g/mol. The molecule has 1 aliphatic rings. The number of nitrogens with one attached hydrogen (secondary N) is 2. The number of hydrogen-bond acceptors (Lipinski definition) is 4. The smallest absolute Gasteiger partial charge is 0.225 e. The van der Waals surface area contributed by atoms with Gasteiger partial charge in [-0.05, 0) is 17.7 Å². The van der Waals surface area contributed by atoms with Crippen molar-refractivity contribution in [1.82, 2.24) is 10.6 Å². The van der Waals surface area contributed by atoms with Crippen LogP contribution in [0.15, 0.2) is 24.3 Å². The zero-order valence-electron chi connectivity index (χ0n) is 11.9. The minimum Gasteiger partial charge on any atom is -0.493 e. The van der Waals surface area contributed by atoms with Gasteiger partial charge >= 0.3 is 0 Å². The van der Waals surface area contributed by atoms with Crippen LogP contribution in [0.2, 0.25) is 0 Å². The van der Waals surface area contributed by atoms with E-state index < -0.39 is 0 Å². The maximum atomic E-state index is 11.7. The maximum Gasteiger partial charge on any atom is 0.225 e. The van der Waals surface area contributed by atoms with Crippen LogP contribution in [0.5, 0.6) is 5.75 Å². The highest BCUT2D eigenvalue weighted by Gasteiger charge is 2.24. The molecule has 1 aliphatic heterocycles. The number of ether oxygens (including phenoxy) is 2. The molecule has 0 bridgehead atoms. The fraction of sp³-hybridized carbons (Fsp3) is 0.533. The molecule has 1 fully saturated rings. The summed E-state index contributed by atoms with van der Waals surface area (Å²) in [7, 11) is 1.68. The van der Waals surface area contributed by atoms with E-state index in [1.807, 2.05) is 24.3 Å². The number of hydrogen-bond donors (Lipinski definition) is 2. The van der Waals surface area contributed by atoms with Crippen molar-refractivity contribution in [3.05, 3.63) is 29.8 Å². The molecule has 0 spiro atoms. The van der Waals surface area contributed by atoms with Crippen molar-refractivity contribution < 1.29 is 14.3 Å². The van der Waals surface area contributed by atoms with E-state index in [0.29, 0.717) is 19.8 Å². The molecule has 0 unspecified atom stereocenters. The Bertz CT molecular complexity index is 433. The first-order chi connectivity index (χ1) is 9.79. The van der Waals surface area contributed by atoms with Crippen LogP contribution in [0.25, 0.3) is 0 Å². The topological polar surface area (TPSA) is 59.6 Å². The highest BCUT2D eigenvalue weighted by Crippen LogP contribution is 2.14. The second kappa shape index (κ2) is 7.87. The van der Waals surface area contributed by atoms with Gasteiger partial charge in [-0.3, -0.25) is 4.79 Å². The molecule has 1 aromatic carbocycles. The third kappa shape index (κ3) is 4.51. The molecular formula is C15H22N2O3. The summed E-state index contributed by atoms with van der Waals surface area (Å²) in [6.45, 7) is 3.45. The van der Waals surface area contributed by atoms with Gasteiger partial charge in [-0.25, -0.2) is 0 Å². The molecule has 0 saturated carbocycles. The van der Waals surface area contributed by atoms with E-state index in [0.717, 1.165) is 30.8 Å². The first-order valence-corrected chi connectivity index (χ1v) is 6.98. The average Bonchev–Trinajstić information content (AvgIpc) is 2.40. The molecule has 0 atom stereocenters. The summed E-state index contributed by atoms with van der Waals surface area (Å²) >= 11 is 0. The zero-order chi connectivity index (χ0) is 14.2. The molecule has 0 aliphatic carbocycles. The Kier molecular flexibility index (Phi) is 5.83. The lowest BCUT2D eigenvalue weighted by atomic mass is 10.0. The Morgan fingerprint density at radius 1 is 1.40 bits per heavy atom. The monoisotopic (exact) mass is 278 g/mol. The predicted octanol–water partition coefficient (Wildman–Crippen LogP) is 0.937. The van der Waals surface area contributed by atoms with E-state index in [4.69, 9.17) is 9.47 Å². The lowest BCUT2D eigenvalue weighted by molar-refractivity contribution is -0.126. The van der Waals surface area contributed by atoms with Gasteiger partial charge in [0.15, 0.2) is 0 Å². The Balaban J connectivity index is 1.75. The number of methoxy groups -OCH3 is 1. The molecule has 1 aromatic rings. The number of carbonyl (C=O) groups is 1. The summed E-state index contributed by atoms with van der Waals surface area (Å²) in [6.07, 6.45) is 0.867. The van der Waals surface area contributed by atoms with Gasteiger partial charge in [0.1, 0.15) is 5.75 Å². The van der Waals surface area contributed by atoms with E-state index in [9.17, 15) is 4.79 Å². The highest BCUT2D eigenvalue weighted by molar-refractivity contribution is 5.79. The van der Waals surface area contributed by atoms with Crippen LogP contribution in [0.3, 0.4) is 0 Å². The van der Waals surface area contributed by atoms with E-state index >= 15 is 0 Å². The molecule has 5 heteroatoms. The van der Waals surface area contributed by atoms with E-state index in [1.165, 1.54) is 0 Å². The standard InChI is InChI=1S/C15H22N2O3/c1-19-6-3-7-20-14-5-2-4-12(8-14)9-17-15(18)13-10-16-11-13/h2,4-5,8,13,16H,3,6-7,9-11H2,1H3,(H,17,18). The van der Waals surface area contributed by atoms with Crippen LogP contribution >= 0.6 is 0 Å². The number of benzene rings is 1. The first kappa shape index (κ1) is 14.8. The summed E-state index contributed by atoms with van der Waals surface area (Å²) in [5, 5.41) is 6.04. The Hall–Kier alpha value is -1.59. The minimum absolute atomic E-state index is 0.121. The summed E-state index contributed by atoms with van der Waals surface area (Å²) in [5.74, 6) is 1.08. The van der Waals surface area contributed by atoms with Crippen molar-refractivity contribution in [3.8, 4) is 5.75 Å². The number of amides is 1. The quantitative estimate of drug-likeness (QED) is 0.695. The van der Waals surface area contributed by atoms with Crippen molar-refractivity contribution in [3.63, 3.8) is 0 Å². The minimum atomic E-state index is 0.121. The summed E-state index contributed by atoms with van der Waals surface area (Å²) in [4.78, 5) is 11.7.